The van der Waals surface area contributed by atoms with Crippen LogP contribution in [0.15, 0.2) is 89.0 Å². The van der Waals surface area contributed by atoms with Crippen molar-refractivity contribution in [1.29, 1.82) is 5.53 Å². The van der Waals surface area contributed by atoms with E-state index in [1.165, 1.54) is 5.56 Å². The molecule has 3 amide bonds. The molecular formula is C26H28N6O2. The van der Waals surface area contributed by atoms with Gasteiger partial charge >= 0.3 is 6.03 Å². The van der Waals surface area contributed by atoms with Gasteiger partial charge in [0.05, 0.1) is 6.54 Å². The Morgan fingerprint density at radius 2 is 1.59 bits per heavy atom. The van der Waals surface area contributed by atoms with Crippen LogP contribution in [-0.4, -0.2) is 17.9 Å². The number of nitrogens with zero attached hydrogens (tertiary/aromatic N) is 3. The van der Waals surface area contributed by atoms with Crippen LogP contribution in [0.1, 0.15) is 41.3 Å². The van der Waals surface area contributed by atoms with E-state index in [0.717, 1.165) is 30.5 Å². The van der Waals surface area contributed by atoms with Crippen LogP contribution < -0.4 is 16.0 Å². The number of hydrogen-bond acceptors (Lipinski definition) is 3. The molecule has 174 valence electrons. The zero-order valence-corrected chi connectivity index (χ0v) is 19.1. The lowest BCUT2D eigenvalue weighted by Gasteiger charge is -2.24. The first-order valence-electron chi connectivity index (χ1n) is 11.1. The van der Waals surface area contributed by atoms with Crippen molar-refractivity contribution in [2.75, 3.05) is 10.2 Å². The second-order valence-electron chi connectivity index (χ2n) is 7.74. The molecule has 0 fully saturated rings. The van der Waals surface area contributed by atoms with Gasteiger partial charge < -0.3 is 11.1 Å². The summed E-state index contributed by atoms with van der Waals surface area (Å²) in [7, 11) is 0. The molecular weight excluding hydrogens is 428 g/mol. The van der Waals surface area contributed by atoms with Crippen LogP contribution in [-0.2, 0) is 13.0 Å². The first kappa shape index (κ1) is 24.3. The Balaban J connectivity index is 1.82. The molecule has 4 N–H and O–H groups in total. The molecule has 3 rings (SSSR count). The van der Waals surface area contributed by atoms with Crippen molar-refractivity contribution in [3.63, 3.8) is 0 Å². The van der Waals surface area contributed by atoms with Crippen LogP contribution in [0.4, 0.5) is 16.2 Å². The van der Waals surface area contributed by atoms with Gasteiger partial charge in [-0.1, -0.05) is 55.8 Å². The Labute approximate surface area is 199 Å². The number of aryl methyl sites for hydroxylation is 1. The van der Waals surface area contributed by atoms with Crippen molar-refractivity contribution in [3.05, 3.63) is 95.6 Å². The standard InChI is InChI=1S/C26H28N6O2/c1-2-3-7-19-12-16-23(17-13-19)32(26(34)29-22-8-5-4-6-9-22)18-20-10-14-21(15-11-20)24(33)30-25(27)31-28/h4-6,8-17,28H,2-3,7,18H2,1H3,(H,29,34)(H2,27,30,33). The van der Waals surface area contributed by atoms with E-state index < -0.39 is 11.9 Å². The number of carbonyl (C=O) groups is 2. The van der Waals surface area contributed by atoms with Gasteiger partial charge in [-0.3, -0.25) is 9.69 Å². The number of unbranched alkanes of at least 4 members (excludes halogenated alkanes) is 1. The third-order valence-corrected chi connectivity index (χ3v) is 5.21. The summed E-state index contributed by atoms with van der Waals surface area (Å²) in [5, 5.41) is 5.87. The highest BCUT2D eigenvalue weighted by molar-refractivity contribution is 6.03. The maximum atomic E-state index is 13.2. The molecule has 0 aliphatic carbocycles. The molecule has 0 unspecified atom stereocenters. The number of rotatable bonds is 8. The average molecular weight is 457 g/mol. The molecule has 3 aromatic carbocycles. The van der Waals surface area contributed by atoms with E-state index in [-0.39, 0.29) is 6.03 Å². The average Bonchev–Trinajstić information content (AvgIpc) is 2.87. The molecule has 0 saturated heterocycles. The molecule has 0 spiro atoms. The maximum absolute atomic E-state index is 13.2. The van der Waals surface area contributed by atoms with Gasteiger partial charge in [-0.05, 0) is 60.4 Å². The van der Waals surface area contributed by atoms with E-state index in [4.69, 9.17) is 11.3 Å². The molecule has 8 nitrogen and oxygen atoms in total. The number of urea groups is 1. The molecule has 0 saturated carbocycles. The SMILES string of the molecule is CCCCc1ccc(N(Cc2ccc(C(=O)N=C(N)N=N)cc2)C(=O)Nc2ccccc2)cc1. The lowest BCUT2D eigenvalue weighted by atomic mass is 10.1. The van der Waals surface area contributed by atoms with E-state index in [0.29, 0.717) is 17.8 Å². The zero-order chi connectivity index (χ0) is 24.3. The number of para-hydroxylation sites is 1. The molecule has 0 radical (unpaired) electrons. The quantitative estimate of drug-likeness (QED) is 0.227. The molecule has 8 heteroatoms. The summed E-state index contributed by atoms with van der Waals surface area (Å²) in [5.74, 6) is -0.985. The molecule has 34 heavy (non-hydrogen) atoms. The summed E-state index contributed by atoms with van der Waals surface area (Å²) >= 11 is 0. The fourth-order valence-electron chi connectivity index (χ4n) is 3.35. The number of guanidine groups is 1. The van der Waals surface area contributed by atoms with Gasteiger partial charge in [0, 0.05) is 16.9 Å². The van der Waals surface area contributed by atoms with Crippen molar-refractivity contribution in [2.24, 2.45) is 15.8 Å². The Kier molecular flexibility index (Phi) is 8.62. The van der Waals surface area contributed by atoms with Gasteiger partial charge in [-0.15, -0.1) is 5.11 Å². The Morgan fingerprint density at radius 1 is 0.941 bits per heavy atom. The molecule has 0 aliphatic heterocycles. The van der Waals surface area contributed by atoms with Gasteiger partial charge in [-0.25, -0.2) is 10.3 Å². The smallest absolute Gasteiger partial charge is 0.326 e. The van der Waals surface area contributed by atoms with E-state index in [1.54, 1.807) is 29.2 Å². The Bertz CT molecular complexity index is 1140. The highest BCUT2D eigenvalue weighted by Gasteiger charge is 2.17. The van der Waals surface area contributed by atoms with Crippen LogP contribution in [0, 0.1) is 5.53 Å². The fourth-order valence-corrected chi connectivity index (χ4v) is 3.35. The largest absolute Gasteiger partial charge is 0.366 e. The van der Waals surface area contributed by atoms with Crippen LogP contribution in [0.3, 0.4) is 0 Å². The summed E-state index contributed by atoms with van der Waals surface area (Å²) in [6, 6.07) is 23.8. The maximum Gasteiger partial charge on any atom is 0.326 e. The van der Waals surface area contributed by atoms with Crippen LogP contribution >= 0.6 is 0 Å². The van der Waals surface area contributed by atoms with Crippen molar-refractivity contribution >= 4 is 29.3 Å². The van der Waals surface area contributed by atoms with E-state index in [2.05, 4.69) is 34.5 Å². The highest BCUT2D eigenvalue weighted by Crippen LogP contribution is 2.21. The van der Waals surface area contributed by atoms with Crippen molar-refractivity contribution in [2.45, 2.75) is 32.7 Å². The van der Waals surface area contributed by atoms with Crippen molar-refractivity contribution < 1.29 is 9.59 Å². The Morgan fingerprint density at radius 3 is 2.21 bits per heavy atom. The van der Waals surface area contributed by atoms with Gasteiger partial charge in [-0.2, -0.15) is 4.99 Å². The van der Waals surface area contributed by atoms with Gasteiger partial charge in [0.15, 0.2) is 0 Å². The van der Waals surface area contributed by atoms with Crippen LogP contribution in [0.2, 0.25) is 0 Å². The third kappa shape index (κ3) is 6.83. The number of aliphatic imine (C=N–C) groups is 1. The Hall–Kier alpha value is -4.33. The number of amides is 3. The molecule has 0 heterocycles. The molecule has 0 bridgehead atoms. The first-order chi connectivity index (χ1) is 16.5. The minimum Gasteiger partial charge on any atom is -0.366 e. The highest BCUT2D eigenvalue weighted by atomic mass is 16.2. The molecule has 3 aromatic rings. The van der Waals surface area contributed by atoms with Gasteiger partial charge in [0.2, 0.25) is 5.96 Å². The van der Waals surface area contributed by atoms with E-state index >= 15 is 0 Å². The third-order valence-electron chi connectivity index (χ3n) is 5.21. The minimum atomic E-state index is -0.582. The summed E-state index contributed by atoms with van der Waals surface area (Å²) in [6.07, 6.45) is 3.25. The summed E-state index contributed by atoms with van der Waals surface area (Å²) < 4.78 is 0. The number of nitrogens with two attached hydrogens (primary N) is 1. The van der Waals surface area contributed by atoms with Crippen molar-refractivity contribution in [3.8, 4) is 0 Å². The monoisotopic (exact) mass is 456 g/mol. The predicted molar refractivity (Wildman–Crippen MR) is 134 cm³/mol. The number of carbonyl (C=O) groups excluding carboxylic acids is 2. The first-order valence-corrected chi connectivity index (χ1v) is 11.1. The summed E-state index contributed by atoms with van der Waals surface area (Å²) in [4.78, 5) is 30.5. The second-order valence-corrected chi connectivity index (χ2v) is 7.74. The van der Waals surface area contributed by atoms with E-state index in [9.17, 15) is 9.59 Å². The summed E-state index contributed by atoms with van der Waals surface area (Å²) in [5.41, 5.74) is 16.0. The van der Waals surface area contributed by atoms with Gasteiger partial charge in [0.1, 0.15) is 0 Å². The fraction of sp³-hybridized carbons (Fsp3) is 0.192. The number of hydrogen-bond donors (Lipinski definition) is 3. The van der Waals surface area contributed by atoms with Crippen LogP contribution in [0.5, 0.6) is 0 Å². The molecule has 0 aliphatic rings. The molecule has 0 atom stereocenters. The predicted octanol–water partition coefficient (Wildman–Crippen LogP) is 5.75. The number of benzene rings is 3. The summed E-state index contributed by atoms with van der Waals surface area (Å²) in [6.45, 7) is 2.46. The topological polar surface area (TPSA) is 124 Å². The number of anilines is 2. The lowest BCUT2D eigenvalue weighted by molar-refractivity contribution is 0.100. The zero-order valence-electron chi connectivity index (χ0n) is 19.1. The normalized spacial score (nSPS) is 11.0. The van der Waals surface area contributed by atoms with Gasteiger partial charge in [0.25, 0.3) is 5.91 Å². The lowest BCUT2D eigenvalue weighted by Crippen LogP contribution is -2.34. The minimum absolute atomic E-state index is 0.262. The molecule has 0 aromatic heterocycles. The van der Waals surface area contributed by atoms with E-state index in [1.807, 2.05) is 42.5 Å². The second kappa shape index (κ2) is 12.1. The van der Waals surface area contributed by atoms with Crippen LogP contribution in [0.25, 0.3) is 0 Å². The van der Waals surface area contributed by atoms with Crippen molar-refractivity contribution in [1.82, 2.24) is 0 Å². The number of nitrogens with one attached hydrogen (secondary N) is 2.